The number of fused-ring (bicyclic) bond motifs is 1. The van der Waals surface area contributed by atoms with Crippen LogP contribution in [-0.4, -0.2) is 94.3 Å². The van der Waals surface area contributed by atoms with Gasteiger partial charge in [0.05, 0.1) is 18.0 Å². The Kier molecular flexibility index (Phi) is 6.44. The lowest BCUT2D eigenvalue weighted by atomic mass is 9.78. The first-order valence-electron chi connectivity index (χ1n) is 9.90. The first-order chi connectivity index (χ1) is 14.1. The predicted octanol–water partition coefficient (Wildman–Crippen LogP) is -1.19. The van der Waals surface area contributed by atoms with Crippen LogP contribution in [0.15, 0.2) is 10.6 Å². The number of likely N-dealkylation sites (N-methyl/N-ethyl adjacent to an activating group) is 1. The van der Waals surface area contributed by atoms with Gasteiger partial charge < -0.3 is 30.6 Å². The van der Waals surface area contributed by atoms with Crippen LogP contribution < -0.4 is 10.6 Å². The summed E-state index contributed by atoms with van der Waals surface area (Å²) in [6.07, 6.45) is 0.579. The number of carboxylic acid groups (broad SMARTS) is 1. The third kappa shape index (κ3) is 3.81. The van der Waals surface area contributed by atoms with Crippen molar-refractivity contribution in [1.29, 1.82) is 0 Å². The monoisotopic (exact) mass is 440 g/mol. The number of amides is 3. The summed E-state index contributed by atoms with van der Waals surface area (Å²) in [5, 5.41) is 24.5. The van der Waals surface area contributed by atoms with Crippen molar-refractivity contribution in [2.45, 2.75) is 43.6 Å². The molecular formula is C19H28N4O6S. The second-order valence-corrected chi connectivity index (χ2v) is 9.56. The Morgan fingerprint density at radius 2 is 2.03 bits per heavy atom. The lowest BCUT2D eigenvalue weighted by Crippen LogP contribution is -2.66. The van der Waals surface area contributed by atoms with E-state index in [0.717, 1.165) is 0 Å². The number of carboxylic acids is 1. The van der Waals surface area contributed by atoms with Gasteiger partial charge in [-0.15, -0.1) is 11.8 Å². The van der Waals surface area contributed by atoms with Crippen molar-refractivity contribution in [3.63, 3.8) is 0 Å². The third-order valence-corrected chi connectivity index (χ3v) is 7.50. The van der Waals surface area contributed by atoms with Crippen molar-refractivity contribution in [1.82, 2.24) is 20.4 Å². The van der Waals surface area contributed by atoms with Crippen molar-refractivity contribution in [3.8, 4) is 0 Å². The summed E-state index contributed by atoms with van der Waals surface area (Å²) in [6, 6.07) is -1.17. The number of carbonyl (C=O) groups is 4. The zero-order chi connectivity index (χ0) is 22.3. The number of aliphatic hydroxyl groups is 1. The number of rotatable bonds is 7. The highest BCUT2D eigenvalue weighted by Gasteiger charge is 2.60. The normalized spacial score (nSPS) is 31.3. The summed E-state index contributed by atoms with van der Waals surface area (Å²) in [5.74, 6) is -2.84. The molecule has 0 unspecified atom stereocenters. The maximum Gasteiger partial charge on any atom is 0.353 e. The summed E-state index contributed by atoms with van der Waals surface area (Å²) in [6.45, 7) is 3.48. The molecule has 3 aliphatic heterocycles. The van der Waals surface area contributed by atoms with Crippen molar-refractivity contribution in [3.05, 3.63) is 10.6 Å². The van der Waals surface area contributed by atoms with E-state index in [4.69, 9.17) is 5.11 Å². The minimum Gasteiger partial charge on any atom is -0.477 e. The predicted molar refractivity (Wildman–Crippen MR) is 109 cm³/mol. The number of thioether (sulfide) groups is 1. The van der Waals surface area contributed by atoms with E-state index in [0.29, 0.717) is 17.9 Å². The van der Waals surface area contributed by atoms with E-state index in [1.54, 1.807) is 21.0 Å². The Morgan fingerprint density at radius 1 is 1.37 bits per heavy atom. The highest BCUT2D eigenvalue weighted by atomic mass is 32.2. The van der Waals surface area contributed by atoms with Gasteiger partial charge in [-0.1, -0.05) is 6.92 Å². The number of β-lactam (4-membered cyclic amide) rings is 1. The minimum atomic E-state index is -1.16. The molecule has 0 saturated carbocycles. The van der Waals surface area contributed by atoms with Gasteiger partial charge in [0.1, 0.15) is 12.3 Å². The molecule has 0 radical (unpaired) electrons. The van der Waals surface area contributed by atoms with Crippen LogP contribution in [0.3, 0.4) is 0 Å². The lowest BCUT2D eigenvalue weighted by molar-refractivity contribution is -0.158. The van der Waals surface area contributed by atoms with Crippen LogP contribution in [0.5, 0.6) is 0 Å². The fraction of sp³-hybridized carbons (Fsp3) is 0.684. The molecule has 2 fully saturated rings. The van der Waals surface area contributed by atoms with Crippen LogP contribution >= 0.6 is 11.8 Å². The molecule has 3 heterocycles. The van der Waals surface area contributed by atoms with E-state index < -0.39 is 30.4 Å². The van der Waals surface area contributed by atoms with Gasteiger partial charge in [0.15, 0.2) is 0 Å². The molecule has 6 atom stereocenters. The first kappa shape index (κ1) is 22.6. The molecule has 166 valence electrons. The fourth-order valence-corrected chi connectivity index (χ4v) is 6.04. The van der Waals surface area contributed by atoms with Crippen LogP contribution in [0.4, 0.5) is 0 Å². The van der Waals surface area contributed by atoms with E-state index in [1.807, 2.05) is 6.92 Å². The number of nitrogens with zero attached hydrogens (tertiary/aromatic N) is 2. The molecule has 3 rings (SSSR count). The number of hydrogen-bond acceptors (Lipinski definition) is 7. The maximum atomic E-state index is 12.8. The largest absolute Gasteiger partial charge is 0.477 e. The van der Waals surface area contributed by atoms with Crippen LogP contribution in [-0.2, 0) is 19.2 Å². The molecule has 0 bridgehead atoms. The Balaban J connectivity index is 1.76. The van der Waals surface area contributed by atoms with Gasteiger partial charge in [0.2, 0.25) is 17.7 Å². The number of nitrogens with one attached hydrogen (secondary N) is 2. The van der Waals surface area contributed by atoms with Crippen molar-refractivity contribution >= 4 is 35.5 Å². The Hall–Kier alpha value is -2.11. The van der Waals surface area contributed by atoms with E-state index >= 15 is 0 Å². The second-order valence-electron chi connectivity index (χ2n) is 8.21. The molecule has 30 heavy (non-hydrogen) atoms. The van der Waals surface area contributed by atoms with Crippen LogP contribution in [0.2, 0.25) is 0 Å². The summed E-state index contributed by atoms with van der Waals surface area (Å²) in [5.41, 5.74) is 0.00169. The summed E-state index contributed by atoms with van der Waals surface area (Å²) >= 11 is 1.42. The Morgan fingerprint density at radius 3 is 2.60 bits per heavy atom. The van der Waals surface area contributed by atoms with Crippen molar-refractivity contribution in [2.24, 2.45) is 11.8 Å². The SMILES string of the molecule is C[C@@H](NC(=O)CO)[C@H]1C(=O)N2C(C(=O)O)=C(S[C@@H]3CN[C@H](C(=O)N(C)C)C3)[C@H](C)[C@H]12. The fourth-order valence-electron chi connectivity index (χ4n) is 4.56. The van der Waals surface area contributed by atoms with E-state index in [2.05, 4.69) is 10.6 Å². The molecule has 0 aliphatic carbocycles. The highest BCUT2D eigenvalue weighted by Crippen LogP contribution is 2.51. The Bertz CT molecular complexity index is 800. The van der Waals surface area contributed by atoms with Gasteiger partial charge in [-0.25, -0.2) is 4.79 Å². The van der Waals surface area contributed by atoms with Crippen LogP contribution in [0.1, 0.15) is 20.3 Å². The van der Waals surface area contributed by atoms with Crippen LogP contribution in [0, 0.1) is 11.8 Å². The quantitative estimate of drug-likeness (QED) is 0.363. The smallest absolute Gasteiger partial charge is 0.353 e. The van der Waals surface area contributed by atoms with Crippen LogP contribution in [0.25, 0.3) is 0 Å². The van der Waals surface area contributed by atoms with Gasteiger partial charge in [-0.05, 0) is 13.3 Å². The molecule has 0 aromatic heterocycles. The van der Waals surface area contributed by atoms with E-state index in [-0.39, 0.29) is 40.8 Å². The molecular weight excluding hydrogens is 412 g/mol. The van der Waals surface area contributed by atoms with E-state index in [1.165, 1.54) is 21.6 Å². The molecule has 4 N–H and O–H groups in total. The van der Waals surface area contributed by atoms with E-state index in [9.17, 15) is 24.3 Å². The molecule has 2 saturated heterocycles. The van der Waals surface area contributed by atoms with Crippen molar-refractivity contribution in [2.75, 3.05) is 27.2 Å². The third-order valence-electron chi connectivity index (χ3n) is 5.99. The second kappa shape index (κ2) is 8.56. The topological polar surface area (TPSA) is 139 Å². The molecule has 3 aliphatic rings. The van der Waals surface area contributed by atoms with Crippen molar-refractivity contribution < 1.29 is 29.4 Å². The number of carbonyl (C=O) groups excluding carboxylic acids is 3. The molecule has 0 aromatic carbocycles. The lowest BCUT2D eigenvalue weighted by Gasteiger charge is -2.47. The summed E-state index contributed by atoms with van der Waals surface area (Å²) in [4.78, 5) is 51.9. The average Bonchev–Trinajstić information content (AvgIpc) is 3.23. The zero-order valence-corrected chi connectivity index (χ0v) is 18.2. The molecule has 0 spiro atoms. The van der Waals surface area contributed by atoms with Gasteiger partial charge in [0, 0.05) is 42.8 Å². The van der Waals surface area contributed by atoms with Gasteiger partial charge in [-0.3, -0.25) is 14.4 Å². The van der Waals surface area contributed by atoms with Gasteiger partial charge in [-0.2, -0.15) is 0 Å². The average molecular weight is 441 g/mol. The maximum absolute atomic E-state index is 12.8. The molecule has 3 amide bonds. The zero-order valence-electron chi connectivity index (χ0n) is 17.4. The molecule has 10 nitrogen and oxygen atoms in total. The first-order valence-corrected chi connectivity index (χ1v) is 10.8. The Labute approximate surface area is 179 Å². The number of aliphatic hydroxyl groups excluding tert-OH is 1. The number of hydrogen-bond donors (Lipinski definition) is 4. The summed E-state index contributed by atoms with van der Waals surface area (Å²) < 4.78 is 0. The highest BCUT2D eigenvalue weighted by molar-refractivity contribution is 8.03. The minimum absolute atomic E-state index is 0.00169. The number of aliphatic carboxylic acids is 1. The standard InChI is InChI=1S/C19H28N4O6S/c1-8-14-13(9(2)21-12(25)7-24)18(27)23(14)15(19(28)29)16(8)30-10-5-11(20-6-10)17(26)22(3)4/h8-11,13-14,20,24H,5-7H2,1-4H3,(H,21,25)(H,28,29)/t8-,9-,10+,11+,13-,14-/m1/s1. The molecule has 0 aromatic rings. The van der Waals surface area contributed by atoms with Gasteiger partial charge >= 0.3 is 5.97 Å². The molecule has 11 heteroatoms. The van der Waals surface area contributed by atoms with Gasteiger partial charge in [0.25, 0.3) is 0 Å². The summed E-state index contributed by atoms with van der Waals surface area (Å²) in [7, 11) is 3.39.